The van der Waals surface area contributed by atoms with Gasteiger partial charge in [-0.2, -0.15) is 0 Å². The van der Waals surface area contributed by atoms with Crippen molar-refractivity contribution in [1.29, 1.82) is 0 Å². The molecule has 0 aliphatic rings. The van der Waals surface area contributed by atoms with Crippen molar-refractivity contribution in [2.24, 2.45) is 5.92 Å². The van der Waals surface area contributed by atoms with Crippen LogP contribution in [-0.2, 0) is 0 Å². The van der Waals surface area contributed by atoms with Crippen molar-refractivity contribution >= 4 is 22.0 Å². The lowest BCUT2D eigenvalue weighted by Crippen LogP contribution is -2.33. The van der Waals surface area contributed by atoms with Crippen LogP contribution in [0.5, 0.6) is 11.5 Å². The minimum Gasteiger partial charge on any atom is -0.489 e. The van der Waals surface area contributed by atoms with Crippen LogP contribution in [0.1, 0.15) is 20.3 Å². The fourth-order valence-corrected chi connectivity index (χ4v) is 2.32. The number of halogens is 4. The van der Waals surface area contributed by atoms with Gasteiger partial charge in [0.2, 0.25) is 0 Å². The van der Waals surface area contributed by atoms with Crippen LogP contribution in [0.2, 0.25) is 0 Å². The van der Waals surface area contributed by atoms with Gasteiger partial charge in [-0.1, -0.05) is 22.9 Å². The topological polar surface area (TPSA) is 67.8 Å². The van der Waals surface area contributed by atoms with Crippen LogP contribution in [0.4, 0.5) is 18.0 Å². The first-order valence-corrected chi connectivity index (χ1v) is 7.53. The van der Waals surface area contributed by atoms with E-state index in [0.29, 0.717) is 10.9 Å². The number of ether oxygens (including phenoxy) is 2. The molecule has 0 bridgehead atoms. The molecule has 0 aliphatic heterocycles. The largest absolute Gasteiger partial charge is 0.573 e. The van der Waals surface area contributed by atoms with Gasteiger partial charge in [0, 0.05) is 10.5 Å². The number of carbonyl (C=O) groups is 1. The van der Waals surface area contributed by atoms with Crippen LogP contribution < -0.4 is 14.8 Å². The average Bonchev–Trinajstić information content (AvgIpc) is 2.34. The molecule has 23 heavy (non-hydrogen) atoms. The maximum atomic E-state index is 12.4. The van der Waals surface area contributed by atoms with Crippen molar-refractivity contribution in [3.05, 3.63) is 22.7 Å². The standard InChI is InChI=1S/C14H17BrF3NO4/c1-8(5-9(2)19-13(20)21)7-22-11-4-3-10(15)6-12(11)23-14(16,17)18/h3-4,6,8-9,19H,5,7H2,1-2H3,(H,20,21)/t8-,9?/m0/s1. The number of carboxylic acid groups (broad SMARTS) is 1. The highest BCUT2D eigenvalue weighted by Crippen LogP contribution is 2.35. The minimum atomic E-state index is -4.82. The lowest BCUT2D eigenvalue weighted by molar-refractivity contribution is -0.275. The molecule has 1 aromatic rings. The number of rotatable bonds is 7. The first-order chi connectivity index (χ1) is 10.6. The van der Waals surface area contributed by atoms with Gasteiger partial charge in [-0.25, -0.2) is 4.79 Å². The number of nitrogens with one attached hydrogen (secondary N) is 1. The summed E-state index contributed by atoms with van der Waals surface area (Å²) in [6, 6.07) is 3.79. The van der Waals surface area contributed by atoms with E-state index >= 15 is 0 Å². The van der Waals surface area contributed by atoms with Crippen molar-refractivity contribution in [3.63, 3.8) is 0 Å². The zero-order valence-electron chi connectivity index (χ0n) is 12.5. The molecule has 0 fully saturated rings. The fraction of sp³-hybridized carbons (Fsp3) is 0.500. The van der Waals surface area contributed by atoms with Gasteiger partial charge in [0.05, 0.1) is 6.61 Å². The zero-order chi connectivity index (χ0) is 17.6. The molecule has 0 aromatic heterocycles. The van der Waals surface area contributed by atoms with Gasteiger partial charge in [-0.15, -0.1) is 13.2 Å². The van der Waals surface area contributed by atoms with E-state index in [9.17, 15) is 18.0 Å². The molecule has 1 aromatic carbocycles. The second-order valence-electron chi connectivity index (χ2n) is 5.14. The van der Waals surface area contributed by atoms with Crippen LogP contribution in [0, 0.1) is 5.92 Å². The normalized spacial score (nSPS) is 14.0. The first-order valence-electron chi connectivity index (χ1n) is 6.74. The Morgan fingerprint density at radius 1 is 1.35 bits per heavy atom. The lowest BCUT2D eigenvalue weighted by atomic mass is 10.0. The number of alkyl halides is 3. The lowest BCUT2D eigenvalue weighted by Gasteiger charge is -2.19. The summed E-state index contributed by atoms with van der Waals surface area (Å²) < 4.78 is 46.9. The van der Waals surface area contributed by atoms with Crippen molar-refractivity contribution in [3.8, 4) is 11.5 Å². The third kappa shape index (κ3) is 7.96. The molecule has 0 radical (unpaired) electrons. The molecule has 2 atom stereocenters. The number of amides is 1. The predicted octanol–water partition coefficient (Wildman–Crippen LogP) is 4.41. The molecule has 5 nitrogen and oxygen atoms in total. The molecule has 1 unspecified atom stereocenters. The van der Waals surface area contributed by atoms with Crippen LogP contribution in [0.25, 0.3) is 0 Å². The molecule has 130 valence electrons. The molecule has 0 spiro atoms. The van der Waals surface area contributed by atoms with Gasteiger partial charge in [-0.3, -0.25) is 0 Å². The summed E-state index contributed by atoms with van der Waals surface area (Å²) >= 11 is 3.07. The molecule has 9 heteroatoms. The van der Waals surface area contributed by atoms with Gasteiger partial charge in [0.1, 0.15) is 0 Å². The molecule has 0 saturated heterocycles. The minimum absolute atomic E-state index is 0.0313. The van der Waals surface area contributed by atoms with Crippen molar-refractivity contribution in [1.82, 2.24) is 5.32 Å². The van der Waals surface area contributed by atoms with Gasteiger partial charge >= 0.3 is 12.5 Å². The molecule has 0 aliphatic carbocycles. The SMILES string of the molecule is CC(C[C@H](C)COc1ccc(Br)cc1OC(F)(F)F)NC(=O)O. The molecular weight excluding hydrogens is 383 g/mol. The summed E-state index contributed by atoms with van der Waals surface area (Å²) in [5.41, 5.74) is 0. The summed E-state index contributed by atoms with van der Waals surface area (Å²) in [5, 5.41) is 10.9. The monoisotopic (exact) mass is 399 g/mol. The van der Waals surface area contributed by atoms with E-state index in [1.807, 2.05) is 6.92 Å². The quantitative estimate of drug-likeness (QED) is 0.712. The van der Waals surface area contributed by atoms with E-state index in [2.05, 4.69) is 26.0 Å². The highest BCUT2D eigenvalue weighted by Gasteiger charge is 2.32. The Labute approximate surface area is 139 Å². The Kier molecular flexibility index (Phi) is 6.99. The zero-order valence-corrected chi connectivity index (χ0v) is 14.1. The van der Waals surface area contributed by atoms with E-state index in [0.717, 1.165) is 0 Å². The van der Waals surface area contributed by atoms with E-state index in [-0.39, 0.29) is 24.3 Å². The highest BCUT2D eigenvalue weighted by molar-refractivity contribution is 9.10. The molecular formula is C14H17BrF3NO4. The summed E-state index contributed by atoms with van der Waals surface area (Å²) in [6.07, 6.45) is -5.46. The second kappa shape index (κ2) is 8.28. The van der Waals surface area contributed by atoms with E-state index in [1.54, 1.807) is 6.92 Å². The summed E-state index contributed by atoms with van der Waals surface area (Å²) in [6.45, 7) is 3.63. The third-order valence-electron chi connectivity index (χ3n) is 2.78. The van der Waals surface area contributed by atoms with E-state index in [1.165, 1.54) is 18.2 Å². The average molecular weight is 400 g/mol. The van der Waals surface area contributed by atoms with Gasteiger partial charge in [0.15, 0.2) is 11.5 Å². The molecule has 1 rings (SSSR count). The summed E-state index contributed by atoms with van der Waals surface area (Å²) in [7, 11) is 0. The molecule has 0 saturated carbocycles. The van der Waals surface area contributed by atoms with Crippen molar-refractivity contribution in [2.45, 2.75) is 32.7 Å². The number of hydrogen-bond acceptors (Lipinski definition) is 3. The first kappa shape index (κ1) is 19.4. The Hall–Kier alpha value is -1.64. The Balaban J connectivity index is 2.64. The van der Waals surface area contributed by atoms with E-state index < -0.39 is 18.2 Å². The van der Waals surface area contributed by atoms with Crippen molar-refractivity contribution in [2.75, 3.05) is 6.61 Å². The maximum Gasteiger partial charge on any atom is 0.573 e. The summed E-state index contributed by atoms with van der Waals surface area (Å²) in [5.74, 6) is -0.536. The molecule has 1 amide bonds. The third-order valence-corrected chi connectivity index (χ3v) is 3.27. The van der Waals surface area contributed by atoms with E-state index in [4.69, 9.17) is 9.84 Å². The van der Waals surface area contributed by atoms with Crippen LogP contribution >= 0.6 is 15.9 Å². The predicted molar refractivity (Wildman–Crippen MR) is 80.7 cm³/mol. The maximum absolute atomic E-state index is 12.4. The Morgan fingerprint density at radius 2 is 2.00 bits per heavy atom. The van der Waals surface area contributed by atoms with Gasteiger partial charge < -0.3 is 19.9 Å². The smallest absolute Gasteiger partial charge is 0.489 e. The highest BCUT2D eigenvalue weighted by atomic mass is 79.9. The fourth-order valence-electron chi connectivity index (χ4n) is 1.98. The Bertz CT molecular complexity index is 539. The summed E-state index contributed by atoms with van der Waals surface area (Å²) in [4.78, 5) is 10.5. The number of benzene rings is 1. The van der Waals surface area contributed by atoms with Crippen molar-refractivity contribution < 1.29 is 32.5 Å². The molecule has 0 heterocycles. The Morgan fingerprint density at radius 3 is 2.57 bits per heavy atom. The van der Waals surface area contributed by atoms with Gasteiger partial charge in [0.25, 0.3) is 0 Å². The molecule has 2 N–H and O–H groups in total. The second-order valence-corrected chi connectivity index (χ2v) is 6.06. The van der Waals surface area contributed by atoms with Crippen LogP contribution in [0.15, 0.2) is 22.7 Å². The number of hydrogen-bond donors (Lipinski definition) is 2. The van der Waals surface area contributed by atoms with Crippen LogP contribution in [0.3, 0.4) is 0 Å². The van der Waals surface area contributed by atoms with Gasteiger partial charge in [-0.05, 0) is 37.5 Å². The van der Waals surface area contributed by atoms with Crippen LogP contribution in [-0.4, -0.2) is 30.2 Å².